The van der Waals surface area contributed by atoms with E-state index in [1.165, 1.54) is 12.1 Å². The van der Waals surface area contributed by atoms with Crippen LogP contribution in [0.3, 0.4) is 0 Å². The number of ether oxygens (including phenoxy) is 1. The molecule has 2 aromatic rings. The predicted molar refractivity (Wildman–Crippen MR) is 68.8 cm³/mol. The van der Waals surface area contributed by atoms with E-state index in [9.17, 15) is 15.0 Å². The number of rotatable bonds is 1. The zero-order valence-electron chi connectivity index (χ0n) is 10.0. The van der Waals surface area contributed by atoms with Gasteiger partial charge in [0, 0.05) is 11.6 Å². The molecule has 96 valence electrons. The number of benzene rings is 2. The Bertz CT molecular complexity index is 648. The summed E-state index contributed by atoms with van der Waals surface area (Å²) >= 11 is 0. The molecule has 1 aliphatic heterocycles. The van der Waals surface area contributed by atoms with Crippen molar-refractivity contribution >= 4 is 5.78 Å². The number of carbonyl (C=O) groups is 1. The third-order valence-electron chi connectivity index (χ3n) is 3.26. The minimum Gasteiger partial charge on any atom is -0.508 e. The Balaban J connectivity index is 2.02. The zero-order chi connectivity index (χ0) is 13.4. The van der Waals surface area contributed by atoms with E-state index in [4.69, 9.17) is 4.74 Å². The highest BCUT2D eigenvalue weighted by Gasteiger charge is 2.31. The van der Waals surface area contributed by atoms with Crippen molar-refractivity contribution in [2.24, 2.45) is 0 Å². The Labute approximate surface area is 109 Å². The number of carbonyl (C=O) groups excluding carboxylic acids is 1. The molecule has 0 radical (unpaired) electrons. The van der Waals surface area contributed by atoms with Gasteiger partial charge < -0.3 is 14.9 Å². The van der Waals surface area contributed by atoms with E-state index in [2.05, 4.69) is 0 Å². The first-order valence-electron chi connectivity index (χ1n) is 5.95. The lowest BCUT2D eigenvalue weighted by Gasteiger charge is -2.24. The van der Waals surface area contributed by atoms with Crippen LogP contribution in [0.5, 0.6) is 17.2 Å². The van der Waals surface area contributed by atoms with Gasteiger partial charge >= 0.3 is 0 Å². The average molecular weight is 256 g/mol. The van der Waals surface area contributed by atoms with Crippen LogP contribution in [-0.4, -0.2) is 22.6 Å². The van der Waals surface area contributed by atoms with Gasteiger partial charge in [-0.3, -0.25) is 4.79 Å². The maximum Gasteiger partial charge on any atom is 0.177 e. The number of hydrogen-bond acceptors (Lipinski definition) is 4. The summed E-state index contributed by atoms with van der Waals surface area (Å²) in [6.45, 7) is 0.189. The van der Waals surface area contributed by atoms with Crippen molar-refractivity contribution in [2.45, 2.75) is 5.92 Å². The summed E-state index contributed by atoms with van der Waals surface area (Å²) in [5.41, 5.74) is 0.989. The number of fused-ring (bicyclic) bond motifs is 1. The molecule has 0 bridgehead atoms. The van der Waals surface area contributed by atoms with E-state index in [1.807, 2.05) is 6.07 Å². The van der Waals surface area contributed by atoms with Crippen molar-refractivity contribution < 1.29 is 19.7 Å². The summed E-state index contributed by atoms with van der Waals surface area (Å²) in [6.07, 6.45) is 0. The van der Waals surface area contributed by atoms with E-state index < -0.39 is 5.92 Å². The zero-order valence-corrected chi connectivity index (χ0v) is 10.0. The van der Waals surface area contributed by atoms with Crippen molar-refractivity contribution in [3.05, 3.63) is 53.6 Å². The van der Waals surface area contributed by atoms with E-state index >= 15 is 0 Å². The second-order valence-electron chi connectivity index (χ2n) is 4.47. The van der Waals surface area contributed by atoms with Crippen LogP contribution in [0, 0.1) is 0 Å². The van der Waals surface area contributed by atoms with Crippen LogP contribution in [0.1, 0.15) is 21.8 Å². The molecule has 0 amide bonds. The number of hydrogen-bond donors (Lipinski definition) is 2. The van der Waals surface area contributed by atoms with Crippen LogP contribution in [-0.2, 0) is 0 Å². The van der Waals surface area contributed by atoms with Gasteiger partial charge in [-0.1, -0.05) is 18.2 Å². The predicted octanol–water partition coefficient (Wildman–Crippen LogP) is 2.46. The Kier molecular flexibility index (Phi) is 2.63. The molecular formula is C15H12O4. The molecule has 0 aromatic heterocycles. The van der Waals surface area contributed by atoms with Crippen molar-refractivity contribution in [1.29, 1.82) is 0 Å². The van der Waals surface area contributed by atoms with Crippen LogP contribution >= 0.6 is 0 Å². The van der Waals surface area contributed by atoms with Gasteiger partial charge in [-0.05, 0) is 18.2 Å². The molecule has 1 unspecified atom stereocenters. The van der Waals surface area contributed by atoms with Gasteiger partial charge in [-0.15, -0.1) is 0 Å². The molecule has 19 heavy (non-hydrogen) atoms. The molecule has 2 aromatic carbocycles. The molecule has 0 saturated carbocycles. The Hall–Kier alpha value is -2.49. The number of phenolic OH excluding ortho intramolecular Hbond substituents is 2. The van der Waals surface area contributed by atoms with Crippen LogP contribution in [0.25, 0.3) is 0 Å². The van der Waals surface area contributed by atoms with Gasteiger partial charge in [-0.25, -0.2) is 0 Å². The van der Waals surface area contributed by atoms with Crippen molar-refractivity contribution in [3.63, 3.8) is 0 Å². The maximum absolute atomic E-state index is 12.4. The first-order valence-corrected chi connectivity index (χ1v) is 5.95. The average Bonchev–Trinajstić information content (AvgIpc) is 2.41. The number of ketones is 1. The molecular weight excluding hydrogens is 244 g/mol. The molecule has 0 spiro atoms. The quantitative estimate of drug-likeness (QED) is 0.822. The summed E-state index contributed by atoms with van der Waals surface area (Å²) in [7, 11) is 0. The van der Waals surface area contributed by atoms with Crippen LogP contribution in [0.4, 0.5) is 0 Å². The van der Waals surface area contributed by atoms with Crippen LogP contribution in [0.2, 0.25) is 0 Å². The van der Waals surface area contributed by atoms with Crippen LogP contribution in [0.15, 0.2) is 42.5 Å². The van der Waals surface area contributed by atoms with E-state index in [0.29, 0.717) is 16.9 Å². The summed E-state index contributed by atoms with van der Waals surface area (Å²) in [6, 6.07) is 11.3. The van der Waals surface area contributed by atoms with Crippen LogP contribution < -0.4 is 4.74 Å². The topological polar surface area (TPSA) is 66.8 Å². The monoisotopic (exact) mass is 256 g/mol. The minimum absolute atomic E-state index is 0.0363. The molecule has 3 rings (SSSR count). The van der Waals surface area contributed by atoms with Gasteiger partial charge in [0.25, 0.3) is 0 Å². The standard InChI is InChI=1S/C15H12O4/c16-9-5-6-10(13(17)7-9)12-8-19-14-4-2-1-3-11(14)15(12)18/h1-7,12,16-17H,8H2. The molecule has 0 aliphatic carbocycles. The van der Waals surface area contributed by atoms with Gasteiger partial charge in [0.1, 0.15) is 23.9 Å². The lowest BCUT2D eigenvalue weighted by molar-refractivity contribution is 0.0894. The summed E-state index contributed by atoms with van der Waals surface area (Å²) < 4.78 is 5.55. The molecule has 4 heteroatoms. The van der Waals surface area contributed by atoms with Crippen molar-refractivity contribution in [1.82, 2.24) is 0 Å². The molecule has 4 nitrogen and oxygen atoms in total. The SMILES string of the molecule is O=C1c2ccccc2OCC1c1ccc(O)cc1O. The third-order valence-corrected chi connectivity index (χ3v) is 3.26. The normalized spacial score (nSPS) is 17.7. The second-order valence-corrected chi connectivity index (χ2v) is 4.47. The number of phenols is 2. The van der Waals surface area contributed by atoms with E-state index in [-0.39, 0.29) is 23.9 Å². The fourth-order valence-corrected chi connectivity index (χ4v) is 2.29. The molecule has 2 N–H and O–H groups in total. The Morgan fingerprint density at radius 3 is 2.68 bits per heavy atom. The van der Waals surface area contributed by atoms with E-state index in [0.717, 1.165) is 0 Å². The van der Waals surface area contributed by atoms with Gasteiger partial charge in [0.2, 0.25) is 0 Å². The third kappa shape index (κ3) is 1.91. The molecule has 0 fully saturated rings. The molecule has 1 atom stereocenters. The largest absolute Gasteiger partial charge is 0.508 e. The molecule has 1 heterocycles. The highest BCUT2D eigenvalue weighted by molar-refractivity contribution is 6.04. The van der Waals surface area contributed by atoms with Crippen molar-refractivity contribution in [3.8, 4) is 17.2 Å². The van der Waals surface area contributed by atoms with Gasteiger partial charge in [0.15, 0.2) is 5.78 Å². The van der Waals surface area contributed by atoms with Gasteiger partial charge in [-0.2, -0.15) is 0 Å². The fourth-order valence-electron chi connectivity index (χ4n) is 2.29. The summed E-state index contributed by atoms with van der Waals surface area (Å²) in [5, 5.41) is 19.1. The highest BCUT2D eigenvalue weighted by atomic mass is 16.5. The first kappa shape index (κ1) is 11.6. The highest BCUT2D eigenvalue weighted by Crippen LogP contribution is 2.36. The number of para-hydroxylation sites is 1. The molecule has 0 saturated heterocycles. The smallest absolute Gasteiger partial charge is 0.177 e. The lowest BCUT2D eigenvalue weighted by Crippen LogP contribution is -2.25. The first-order chi connectivity index (χ1) is 9.16. The number of Topliss-reactive ketones (excluding diaryl/α,β-unsaturated/α-hetero) is 1. The number of aromatic hydroxyl groups is 2. The maximum atomic E-state index is 12.4. The second kappa shape index (κ2) is 4.31. The fraction of sp³-hybridized carbons (Fsp3) is 0.133. The van der Waals surface area contributed by atoms with Crippen molar-refractivity contribution in [2.75, 3.05) is 6.61 Å². The Morgan fingerprint density at radius 2 is 1.89 bits per heavy atom. The summed E-state index contributed by atoms with van der Waals surface area (Å²) in [5.74, 6) is -0.187. The van der Waals surface area contributed by atoms with Gasteiger partial charge in [0.05, 0.1) is 11.5 Å². The van der Waals surface area contributed by atoms with E-state index in [1.54, 1.807) is 24.3 Å². The minimum atomic E-state index is -0.546. The summed E-state index contributed by atoms with van der Waals surface area (Å²) in [4.78, 5) is 12.4. The lowest BCUT2D eigenvalue weighted by atomic mass is 9.88. The molecule has 1 aliphatic rings. The Morgan fingerprint density at radius 1 is 1.11 bits per heavy atom.